The van der Waals surface area contributed by atoms with Gasteiger partial charge >= 0.3 is 0 Å². The predicted molar refractivity (Wildman–Crippen MR) is 61.8 cm³/mol. The molecule has 0 spiro atoms. The van der Waals surface area contributed by atoms with Crippen molar-refractivity contribution in [3.63, 3.8) is 0 Å². The van der Waals surface area contributed by atoms with E-state index >= 15 is 0 Å². The van der Waals surface area contributed by atoms with Gasteiger partial charge in [0.2, 0.25) is 0 Å². The average molecular weight is 206 g/mol. The minimum atomic E-state index is -0.254. The second kappa shape index (κ2) is 6.38. The summed E-state index contributed by atoms with van der Waals surface area (Å²) in [5.41, 5.74) is 1.29. The van der Waals surface area contributed by atoms with Crippen LogP contribution in [-0.2, 0) is 9.47 Å². The largest absolute Gasteiger partial charge is 0.352 e. The van der Waals surface area contributed by atoms with Crippen LogP contribution in [0.4, 0.5) is 0 Å². The van der Waals surface area contributed by atoms with Crippen molar-refractivity contribution in [1.29, 1.82) is 0 Å². The van der Waals surface area contributed by atoms with Gasteiger partial charge in [-0.3, -0.25) is 0 Å². The van der Waals surface area contributed by atoms with Crippen molar-refractivity contribution in [2.24, 2.45) is 0 Å². The van der Waals surface area contributed by atoms with Gasteiger partial charge in [-0.25, -0.2) is 0 Å². The van der Waals surface area contributed by atoms with E-state index in [9.17, 15) is 0 Å². The molecule has 1 aromatic rings. The molecule has 0 aliphatic heterocycles. The van der Waals surface area contributed by atoms with Crippen LogP contribution >= 0.6 is 0 Å². The summed E-state index contributed by atoms with van der Waals surface area (Å²) in [6.07, 6.45) is 3.76. The lowest BCUT2D eigenvalue weighted by molar-refractivity contribution is -0.0668. The maximum Gasteiger partial charge on any atom is 0.176 e. The monoisotopic (exact) mass is 206 g/mol. The molecule has 0 aliphatic carbocycles. The molecule has 82 valence electrons. The Hall–Kier alpha value is -1.12. The minimum Gasteiger partial charge on any atom is -0.352 e. The molecule has 0 fully saturated rings. The van der Waals surface area contributed by atoms with Gasteiger partial charge in [0.05, 0.1) is 0 Å². The number of allylic oxidation sites excluding steroid dienone is 1. The predicted octanol–water partition coefficient (Wildman–Crippen LogP) is 2.97. The molecule has 0 radical (unpaired) electrons. The van der Waals surface area contributed by atoms with E-state index in [1.165, 1.54) is 5.56 Å². The zero-order valence-corrected chi connectivity index (χ0v) is 9.51. The highest BCUT2D eigenvalue weighted by Crippen LogP contribution is 2.16. The van der Waals surface area contributed by atoms with Crippen molar-refractivity contribution in [3.05, 3.63) is 48.0 Å². The fourth-order valence-electron chi connectivity index (χ4n) is 1.38. The zero-order valence-electron chi connectivity index (χ0n) is 9.51. The second-order valence-corrected chi connectivity index (χ2v) is 3.42. The summed E-state index contributed by atoms with van der Waals surface area (Å²) in [5, 5.41) is 0. The third kappa shape index (κ3) is 3.86. The first kappa shape index (κ1) is 12.0. The van der Waals surface area contributed by atoms with Gasteiger partial charge in [-0.2, -0.15) is 0 Å². The van der Waals surface area contributed by atoms with E-state index in [0.29, 0.717) is 5.92 Å². The Morgan fingerprint density at radius 2 is 1.60 bits per heavy atom. The molecular weight excluding hydrogens is 188 g/mol. The highest BCUT2D eigenvalue weighted by molar-refractivity contribution is 5.22. The first-order valence-corrected chi connectivity index (χ1v) is 5.06. The maximum atomic E-state index is 5.08. The van der Waals surface area contributed by atoms with Crippen molar-refractivity contribution >= 4 is 0 Å². The zero-order chi connectivity index (χ0) is 11.1. The molecule has 1 aromatic carbocycles. The normalized spacial score (nSPS) is 13.6. The topological polar surface area (TPSA) is 18.5 Å². The summed E-state index contributed by atoms with van der Waals surface area (Å²) in [4.78, 5) is 0. The van der Waals surface area contributed by atoms with E-state index in [-0.39, 0.29) is 6.29 Å². The lowest BCUT2D eigenvalue weighted by Crippen LogP contribution is -2.09. The van der Waals surface area contributed by atoms with Gasteiger partial charge in [0, 0.05) is 14.2 Å². The van der Waals surface area contributed by atoms with Crippen LogP contribution in [0, 0.1) is 0 Å². The molecule has 15 heavy (non-hydrogen) atoms. The molecule has 1 unspecified atom stereocenters. The fourth-order valence-corrected chi connectivity index (χ4v) is 1.38. The van der Waals surface area contributed by atoms with E-state index in [1.807, 2.05) is 24.3 Å². The van der Waals surface area contributed by atoms with Crippen LogP contribution in [0.5, 0.6) is 0 Å². The average Bonchev–Trinajstić information content (AvgIpc) is 2.31. The van der Waals surface area contributed by atoms with E-state index in [0.717, 1.165) is 0 Å². The number of rotatable bonds is 5. The number of ether oxygens (including phenoxy) is 2. The van der Waals surface area contributed by atoms with Gasteiger partial charge in [0.1, 0.15) is 0 Å². The van der Waals surface area contributed by atoms with E-state index < -0.39 is 0 Å². The molecule has 0 amide bonds. The molecule has 0 saturated heterocycles. The van der Waals surface area contributed by atoms with Crippen molar-refractivity contribution in [3.8, 4) is 0 Å². The molecule has 0 aromatic heterocycles. The van der Waals surface area contributed by atoms with Crippen LogP contribution in [0.1, 0.15) is 18.4 Å². The van der Waals surface area contributed by atoms with E-state index in [4.69, 9.17) is 9.47 Å². The Labute approximate surface area is 91.5 Å². The second-order valence-electron chi connectivity index (χ2n) is 3.42. The Morgan fingerprint density at radius 1 is 1.00 bits per heavy atom. The van der Waals surface area contributed by atoms with Gasteiger partial charge in [-0.1, -0.05) is 43.3 Å². The van der Waals surface area contributed by atoms with Crippen LogP contribution in [-0.4, -0.2) is 20.5 Å². The van der Waals surface area contributed by atoms with Gasteiger partial charge in [-0.15, -0.1) is 0 Å². The Kier molecular flexibility index (Phi) is 5.08. The third-order valence-electron chi connectivity index (χ3n) is 2.35. The minimum absolute atomic E-state index is 0.254. The van der Waals surface area contributed by atoms with Crippen LogP contribution in [0.2, 0.25) is 0 Å². The van der Waals surface area contributed by atoms with Gasteiger partial charge in [0.25, 0.3) is 0 Å². The lowest BCUT2D eigenvalue weighted by atomic mass is 10.0. The molecule has 1 rings (SSSR count). The molecule has 0 aliphatic rings. The van der Waals surface area contributed by atoms with Crippen molar-refractivity contribution in [2.75, 3.05) is 14.2 Å². The lowest BCUT2D eigenvalue weighted by Gasteiger charge is -2.10. The van der Waals surface area contributed by atoms with Gasteiger partial charge < -0.3 is 9.47 Å². The highest BCUT2D eigenvalue weighted by Gasteiger charge is 2.02. The van der Waals surface area contributed by atoms with Gasteiger partial charge in [-0.05, 0) is 17.6 Å². The van der Waals surface area contributed by atoms with Crippen LogP contribution in [0.15, 0.2) is 42.5 Å². The molecule has 2 nitrogen and oxygen atoms in total. The molecular formula is C13H18O2. The molecule has 1 atom stereocenters. The highest BCUT2D eigenvalue weighted by atomic mass is 16.7. The SMILES string of the molecule is COC(/C=C/C(C)c1ccccc1)OC. The summed E-state index contributed by atoms with van der Waals surface area (Å²) in [5.74, 6) is 0.374. The summed E-state index contributed by atoms with van der Waals surface area (Å²) < 4.78 is 10.2. The standard InChI is InChI=1S/C13H18O2/c1-11(9-10-13(14-2)15-3)12-7-5-4-6-8-12/h4-11,13H,1-3H3/b10-9+. The summed E-state index contributed by atoms with van der Waals surface area (Å²) in [7, 11) is 3.26. The smallest absolute Gasteiger partial charge is 0.176 e. The van der Waals surface area contributed by atoms with Crippen LogP contribution < -0.4 is 0 Å². The fraction of sp³-hybridized carbons (Fsp3) is 0.385. The number of hydrogen-bond donors (Lipinski definition) is 0. The van der Waals surface area contributed by atoms with Crippen molar-refractivity contribution in [1.82, 2.24) is 0 Å². The Balaban J connectivity index is 2.59. The molecule has 0 heterocycles. The number of benzene rings is 1. The summed E-state index contributed by atoms with van der Waals surface area (Å²) >= 11 is 0. The molecule has 2 heteroatoms. The quantitative estimate of drug-likeness (QED) is 0.544. The molecule has 0 saturated carbocycles. The number of hydrogen-bond acceptors (Lipinski definition) is 2. The van der Waals surface area contributed by atoms with E-state index in [1.54, 1.807) is 14.2 Å². The number of methoxy groups -OCH3 is 2. The third-order valence-corrected chi connectivity index (χ3v) is 2.35. The molecule has 0 N–H and O–H groups in total. The first-order chi connectivity index (χ1) is 7.27. The summed E-state index contributed by atoms with van der Waals surface area (Å²) in [6.45, 7) is 2.15. The summed E-state index contributed by atoms with van der Waals surface area (Å²) in [6, 6.07) is 10.3. The Bertz CT molecular complexity index is 289. The van der Waals surface area contributed by atoms with Crippen molar-refractivity contribution < 1.29 is 9.47 Å². The van der Waals surface area contributed by atoms with Crippen LogP contribution in [0.3, 0.4) is 0 Å². The Morgan fingerprint density at radius 3 is 2.13 bits per heavy atom. The van der Waals surface area contributed by atoms with Crippen LogP contribution in [0.25, 0.3) is 0 Å². The first-order valence-electron chi connectivity index (χ1n) is 5.06. The van der Waals surface area contributed by atoms with E-state index in [2.05, 4.69) is 25.1 Å². The van der Waals surface area contributed by atoms with Gasteiger partial charge in [0.15, 0.2) is 6.29 Å². The van der Waals surface area contributed by atoms with Crippen molar-refractivity contribution in [2.45, 2.75) is 19.1 Å². The molecule has 0 bridgehead atoms. The maximum absolute atomic E-state index is 5.08.